The van der Waals surface area contributed by atoms with Crippen LogP contribution in [0.15, 0.2) is 16.6 Å². The van der Waals surface area contributed by atoms with E-state index in [9.17, 15) is 9.18 Å². The molecule has 4 nitrogen and oxygen atoms in total. The molecular formula is C11H12BrFN2O2. The van der Waals surface area contributed by atoms with Crippen molar-refractivity contribution in [3.8, 4) is 5.75 Å². The molecule has 0 radical (unpaired) electrons. The van der Waals surface area contributed by atoms with E-state index in [0.29, 0.717) is 23.2 Å². The maximum Gasteiger partial charge on any atom is 0.263 e. The molecule has 1 amide bonds. The fourth-order valence-electron chi connectivity index (χ4n) is 1.75. The van der Waals surface area contributed by atoms with Gasteiger partial charge < -0.3 is 15.4 Å². The van der Waals surface area contributed by atoms with E-state index >= 15 is 0 Å². The molecule has 1 atom stereocenters. The van der Waals surface area contributed by atoms with Crippen molar-refractivity contribution in [1.29, 1.82) is 0 Å². The number of nitrogen functional groups attached to an aromatic ring is 1. The molecule has 0 aliphatic carbocycles. The van der Waals surface area contributed by atoms with Crippen LogP contribution in [-0.4, -0.2) is 30.5 Å². The Morgan fingerprint density at radius 1 is 1.59 bits per heavy atom. The van der Waals surface area contributed by atoms with E-state index in [-0.39, 0.29) is 11.6 Å². The summed E-state index contributed by atoms with van der Waals surface area (Å²) in [5, 5.41) is 0. The van der Waals surface area contributed by atoms with Crippen LogP contribution in [0.25, 0.3) is 0 Å². The highest BCUT2D eigenvalue weighted by Crippen LogP contribution is 2.34. The molecule has 0 bridgehead atoms. The van der Waals surface area contributed by atoms with Gasteiger partial charge in [-0.25, -0.2) is 4.39 Å². The summed E-state index contributed by atoms with van der Waals surface area (Å²) in [4.78, 5) is 13.3. The van der Waals surface area contributed by atoms with Gasteiger partial charge in [-0.1, -0.05) is 0 Å². The van der Waals surface area contributed by atoms with E-state index in [1.54, 1.807) is 11.9 Å². The number of hydrogen-bond donors (Lipinski definition) is 1. The van der Waals surface area contributed by atoms with E-state index in [0.717, 1.165) is 0 Å². The fraction of sp³-hybridized carbons (Fsp3) is 0.364. The van der Waals surface area contributed by atoms with Gasteiger partial charge in [0.2, 0.25) is 0 Å². The largest absolute Gasteiger partial charge is 0.477 e. The topological polar surface area (TPSA) is 55.6 Å². The van der Waals surface area contributed by atoms with Gasteiger partial charge in [-0.05, 0) is 22.0 Å². The lowest BCUT2D eigenvalue weighted by Crippen LogP contribution is -2.29. The normalized spacial score (nSPS) is 19.8. The molecule has 0 aromatic heterocycles. The number of likely N-dealkylation sites (N-methyl/N-ethyl adjacent to an activating group) is 1. The van der Waals surface area contributed by atoms with Crippen LogP contribution in [0.2, 0.25) is 0 Å². The molecule has 0 saturated carbocycles. The molecule has 1 heterocycles. The average molecular weight is 303 g/mol. The maximum atomic E-state index is 13.0. The van der Waals surface area contributed by atoms with Crippen LogP contribution in [-0.2, 0) is 4.79 Å². The number of carbonyl (C=O) groups excluding carboxylic acids is 1. The van der Waals surface area contributed by atoms with Crippen molar-refractivity contribution in [3.63, 3.8) is 0 Å². The molecule has 1 saturated heterocycles. The maximum absolute atomic E-state index is 13.0. The standard InChI is InChI=1S/C11H12BrFN2O2/c1-15-3-2-9(11(15)16)17-10-7(12)4-6(13)5-8(10)14/h4-5,9H,2-3,14H2,1H3. The highest BCUT2D eigenvalue weighted by Gasteiger charge is 2.31. The first-order valence-electron chi connectivity index (χ1n) is 5.15. The van der Waals surface area contributed by atoms with Gasteiger partial charge in [0.15, 0.2) is 11.9 Å². The summed E-state index contributed by atoms with van der Waals surface area (Å²) in [5.41, 5.74) is 5.84. The first-order valence-corrected chi connectivity index (χ1v) is 5.94. The molecule has 2 rings (SSSR count). The number of halogens is 2. The van der Waals surface area contributed by atoms with Gasteiger partial charge in [0.05, 0.1) is 10.2 Å². The molecule has 92 valence electrons. The van der Waals surface area contributed by atoms with Crippen molar-refractivity contribution in [1.82, 2.24) is 4.90 Å². The summed E-state index contributed by atoms with van der Waals surface area (Å²) < 4.78 is 19.0. The summed E-state index contributed by atoms with van der Waals surface area (Å²) in [6.07, 6.45) is 0.0718. The highest BCUT2D eigenvalue weighted by molar-refractivity contribution is 9.10. The number of hydrogen-bond acceptors (Lipinski definition) is 3. The Bertz CT molecular complexity index is 444. The third kappa shape index (κ3) is 2.36. The number of nitrogens with zero attached hydrogens (tertiary/aromatic N) is 1. The quantitative estimate of drug-likeness (QED) is 0.847. The van der Waals surface area contributed by atoms with E-state index in [4.69, 9.17) is 10.5 Å². The van der Waals surface area contributed by atoms with Crippen molar-refractivity contribution < 1.29 is 13.9 Å². The molecule has 2 N–H and O–H groups in total. The predicted octanol–water partition coefficient (Wildman–Crippen LogP) is 1.78. The lowest BCUT2D eigenvalue weighted by Gasteiger charge is -2.15. The Balaban J connectivity index is 2.22. The van der Waals surface area contributed by atoms with Gasteiger partial charge in [-0.15, -0.1) is 0 Å². The second-order valence-electron chi connectivity index (χ2n) is 3.96. The number of carbonyl (C=O) groups is 1. The Labute approximate surface area is 107 Å². The number of amides is 1. The van der Waals surface area contributed by atoms with Gasteiger partial charge in [0.1, 0.15) is 5.82 Å². The van der Waals surface area contributed by atoms with Crippen LogP contribution in [0.3, 0.4) is 0 Å². The van der Waals surface area contributed by atoms with Crippen LogP contribution in [0.4, 0.5) is 10.1 Å². The smallest absolute Gasteiger partial charge is 0.263 e. The number of benzene rings is 1. The molecular weight excluding hydrogens is 291 g/mol. The lowest BCUT2D eigenvalue weighted by atomic mass is 10.2. The minimum Gasteiger partial charge on any atom is -0.477 e. The molecule has 1 aromatic carbocycles. The van der Waals surface area contributed by atoms with Crippen LogP contribution < -0.4 is 10.5 Å². The molecule has 1 aliphatic rings. The van der Waals surface area contributed by atoms with Gasteiger partial charge in [0, 0.05) is 26.1 Å². The van der Waals surface area contributed by atoms with Gasteiger partial charge >= 0.3 is 0 Å². The summed E-state index contributed by atoms with van der Waals surface area (Å²) in [5.74, 6) is -0.211. The Kier molecular flexibility index (Phi) is 3.24. The minimum atomic E-state index is -0.538. The predicted molar refractivity (Wildman–Crippen MR) is 65.2 cm³/mol. The van der Waals surface area contributed by atoms with E-state index in [2.05, 4.69) is 15.9 Å². The van der Waals surface area contributed by atoms with Crippen LogP contribution >= 0.6 is 15.9 Å². The third-order valence-electron chi connectivity index (χ3n) is 2.68. The van der Waals surface area contributed by atoms with E-state index in [1.165, 1.54) is 12.1 Å². The molecule has 1 unspecified atom stereocenters. The summed E-state index contributed by atoms with van der Waals surface area (Å²) in [6, 6.07) is 2.43. The summed E-state index contributed by atoms with van der Waals surface area (Å²) in [6.45, 7) is 0.655. The zero-order valence-corrected chi connectivity index (χ0v) is 10.8. The third-order valence-corrected chi connectivity index (χ3v) is 3.26. The Morgan fingerprint density at radius 2 is 2.29 bits per heavy atom. The monoisotopic (exact) mass is 302 g/mol. The van der Waals surface area contributed by atoms with Crippen LogP contribution in [0.5, 0.6) is 5.75 Å². The van der Waals surface area contributed by atoms with Crippen molar-refractivity contribution in [2.45, 2.75) is 12.5 Å². The second-order valence-corrected chi connectivity index (χ2v) is 4.82. The van der Waals surface area contributed by atoms with E-state index < -0.39 is 11.9 Å². The van der Waals surface area contributed by atoms with Crippen LogP contribution in [0.1, 0.15) is 6.42 Å². The lowest BCUT2D eigenvalue weighted by molar-refractivity contribution is -0.132. The molecule has 1 aliphatic heterocycles. The number of rotatable bonds is 2. The van der Waals surface area contributed by atoms with Crippen LogP contribution in [0, 0.1) is 5.82 Å². The van der Waals surface area contributed by atoms with Crippen molar-refractivity contribution in [2.24, 2.45) is 0 Å². The van der Waals surface area contributed by atoms with Crippen molar-refractivity contribution >= 4 is 27.5 Å². The fourth-order valence-corrected chi connectivity index (χ4v) is 2.29. The first-order chi connectivity index (χ1) is 7.99. The highest BCUT2D eigenvalue weighted by atomic mass is 79.9. The number of anilines is 1. The number of nitrogens with two attached hydrogens (primary N) is 1. The zero-order valence-electron chi connectivity index (χ0n) is 9.24. The average Bonchev–Trinajstić information content (AvgIpc) is 2.54. The van der Waals surface area contributed by atoms with Gasteiger partial charge in [0.25, 0.3) is 5.91 Å². The van der Waals surface area contributed by atoms with Crippen molar-refractivity contribution in [3.05, 3.63) is 22.4 Å². The second kappa shape index (κ2) is 4.52. The molecule has 6 heteroatoms. The molecule has 17 heavy (non-hydrogen) atoms. The van der Waals surface area contributed by atoms with Gasteiger partial charge in [-0.3, -0.25) is 4.79 Å². The molecule has 0 spiro atoms. The summed E-state index contributed by atoms with van der Waals surface area (Å²) in [7, 11) is 1.72. The Morgan fingerprint density at radius 3 is 2.82 bits per heavy atom. The zero-order chi connectivity index (χ0) is 12.6. The first kappa shape index (κ1) is 12.2. The Hall–Kier alpha value is -1.30. The van der Waals surface area contributed by atoms with Crippen molar-refractivity contribution in [2.75, 3.05) is 19.3 Å². The summed E-state index contributed by atoms with van der Waals surface area (Å²) >= 11 is 3.17. The molecule has 1 aromatic rings. The van der Waals surface area contributed by atoms with E-state index in [1.807, 2.05) is 0 Å². The minimum absolute atomic E-state index is 0.0828. The SMILES string of the molecule is CN1CCC(Oc2c(N)cc(F)cc2Br)C1=O. The number of ether oxygens (including phenoxy) is 1. The van der Waals surface area contributed by atoms with Gasteiger partial charge in [-0.2, -0.15) is 0 Å². The number of likely N-dealkylation sites (tertiary alicyclic amines) is 1. The molecule has 1 fully saturated rings.